The van der Waals surface area contributed by atoms with Gasteiger partial charge in [-0.15, -0.1) is 0 Å². The molecule has 0 unspecified atom stereocenters. The third-order valence-electron chi connectivity index (χ3n) is 1.66. The molecule has 0 aliphatic carbocycles. The Morgan fingerprint density at radius 1 is 1.57 bits per heavy atom. The number of hydrogen-bond donors (Lipinski definition) is 0. The third kappa shape index (κ3) is 2.95. The Morgan fingerprint density at radius 3 is 3.07 bits per heavy atom. The first kappa shape index (κ1) is 10.3. The fourth-order valence-corrected chi connectivity index (χ4v) is 0.971. The Hall–Kier alpha value is -1.74. The van der Waals surface area contributed by atoms with E-state index in [2.05, 4.69) is 10.0 Å². The fraction of sp³-hybridized carbons (Fsp3) is 0.333. The van der Waals surface area contributed by atoms with E-state index in [0.717, 1.165) is 5.56 Å². The summed E-state index contributed by atoms with van der Waals surface area (Å²) in [6.07, 6.45) is 0. The summed E-state index contributed by atoms with van der Waals surface area (Å²) in [6, 6.07) is 4.32. The second-order valence-corrected chi connectivity index (χ2v) is 2.71. The molecular formula is C9H10FN3O. The molecule has 1 aromatic carbocycles. The van der Waals surface area contributed by atoms with Gasteiger partial charge in [0.25, 0.3) is 0 Å². The van der Waals surface area contributed by atoms with Crippen molar-refractivity contribution in [2.24, 2.45) is 5.11 Å². The van der Waals surface area contributed by atoms with E-state index in [9.17, 15) is 4.39 Å². The maximum atomic E-state index is 12.8. The van der Waals surface area contributed by atoms with Crippen LogP contribution in [0.2, 0.25) is 0 Å². The first-order valence-corrected chi connectivity index (χ1v) is 4.14. The molecule has 0 aliphatic rings. The monoisotopic (exact) mass is 195 g/mol. The van der Waals surface area contributed by atoms with Crippen LogP contribution < -0.4 is 4.74 Å². The van der Waals surface area contributed by atoms with E-state index in [1.807, 2.05) is 6.92 Å². The first-order chi connectivity index (χ1) is 6.74. The molecule has 0 saturated heterocycles. The van der Waals surface area contributed by atoms with Gasteiger partial charge in [0.05, 0.1) is 13.2 Å². The van der Waals surface area contributed by atoms with E-state index in [0.29, 0.717) is 5.75 Å². The zero-order chi connectivity index (χ0) is 10.4. The highest BCUT2D eigenvalue weighted by Crippen LogP contribution is 2.18. The van der Waals surface area contributed by atoms with Gasteiger partial charge in [-0.05, 0) is 24.1 Å². The van der Waals surface area contributed by atoms with Crippen molar-refractivity contribution in [1.29, 1.82) is 0 Å². The van der Waals surface area contributed by atoms with Gasteiger partial charge in [-0.2, -0.15) is 0 Å². The number of ether oxygens (including phenoxy) is 1. The minimum absolute atomic E-state index is 0.243. The molecule has 0 fully saturated rings. The lowest BCUT2D eigenvalue weighted by Gasteiger charge is -2.06. The van der Waals surface area contributed by atoms with Crippen LogP contribution >= 0.6 is 0 Å². The molecule has 0 aromatic heterocycles. The maximum Gasteiger partial charge on any atom is 0.126 e. The molecule has 0 N–H and O–H groups in total. The van der Waals surface area contributed by atoms with E-state index < -0.39 is 0 Å². The molecule has 74 valence electrons. The lowest BCUT2D eigenvalue weighted by atomic mass is 10.2. The maximum absolute atomic E-state index is 12.8. The van der Waals surface area contributed by atoms with Crippen molar-refractivity contribution in [2.45, 2.75) is 6.92 Å². The van der Waals surface area contributed by atoms with Crippen LogP contribution in [-0.2, 0) is 0 Å². The molecule has 0 amide bonds. The molecular weight excluding hydrogens is 185 g/mol. The average Bonchev–Trinajstić information content (AvgIpc) is 2.18. The van der Waals surface area contributed by atoms with Gasteiger partial charge in [0.15, 0.2) is 0 Å². The molecule has 1 aromatic rings. The second kappa shape index (κ2) is 5.09. The molecule has 5 heteroatoms. The summed E-state index contributed by atoms with van der Waals surface area (Å²) in [5, 5.41) is 3.30. The van der Waals surface area contributed by atoms with E-state index in [1.165, 1.54) is 12.1 Å². The van der Waals surface area contributed by atoms with E-state index >= 15 is 0 Å². The van der Waals surface area contributed by atoms with Crippen molar-refractivity contribution in [2.75, 3.05) is 13.2 Å². The average molecular weight is 195 g/mol. The summed E-state index contributed by atoms with van der Waals surface area (Å²) in [5.41, 5.74) is 8.86. The van der Waals surface area contributed by atoms with E-state index in [4.69, 9.17) is 10.3 Å². The van der Waals surface area contributed by atoms with Gasteiger partial charge in [-0.3, -0.25) is 0 Å². The van der Waals surface area contributed by atoms with Crippen LogP contribution in [0.3, 0.4) is 0 Å². The molecule has 0 spiro atoms. The third-order valence-corrected chi connectivity index (χ3v) is 1.66. The smallest absolute Gasteiger partial charge is 0.126 e. The van der Waals surface area contributed by atoms with Gasteiger partial charge >= 0.3 is 0 Å². The predicted molar refractivity (Wildman–Crippen MR) is 50.6 cm³/mol. The zero-order valence-electron chi connectivity index (χ0n) is 7.77. The van der Waals surface area contributed by atoms with Crippen LogP contribution in [0.25, 0.3) is 10.4 Å². The van der Waals surface area contributed by atoms with Crippen molar-refractivity contribution in [3.05, 3.63) is 40.0 Å². The Kier molecular flexibility index (Phi) is 3.76. The number of azide groups is 1. The van der Waals surface area contributed by atoms with Crippen LogP contribution in [0.4, 0.5) is 4.39 Å². The largest absolute Gasteiger partial charge is 0.493 e. The lowest BCUT2D eigenvalue weighted by molar-refractivity contribution is 0.324. The van der Waals surface area contributed by atoms with Crippen molar-refractivity contribution < 1.29 is 9.13 Å². The lowest BCUT2D eigenvalue weighted by Crippen LogP contribution is -2.01. The van der Waals surface area contributed by atoms with Gasteiger partial charge in [0, 0.05) is 11.0 Å². The number of rotatable bonds is 4. The zero-order valence-corrected chi connectivity index (χ0v) is 7.77. The molecule has 1 rings (SSSR count). The van der Waals surface area contributed by atoms with Crippen molar-refractivity contribution in [3.63, 3.8) is 0 Å². The highest BCUT2D eigenvalue weighted by Gasteiger charge is 2.00. The summed E-state index contributed by atoms with van der Waals surface area (Å²) >= 11 is 0. The Labute approximate surface area is 80.9 Å². The molecule has 4 nitrogen and oxygen atoms in total. The summed E-state index contributed by atoms with van der Waals surface area (Å²) in [4.78, 5) is 2.58. The van der Waals surface area contributed by atoms with Gasteiger partial charge < -0.3 is 4.74 Å². The standard InChI is InChI=1S/C9H10FN3O/c1-7-2-3-8(10)6-9(7)14-5-4-12-13-11/h2-3,6H,4-5H2,1H3. The highest BCUT2D eigenvalue weighted by molar-refractivity contribution is 5.32. The van der Waals surface area contributed by atoms with Gasteiger partial charge in [0.1, 0.15) is 11.6 Å². The normalized spacial score (nSPS) is 9.29. The predicted octanol–water partition coefficient (Wildman–Crippen LogP) is 2.82. The van der Waals surface area contributed by atoms with Crippen LogP contribution in [0.1, 0.15) is 5.56 Å². The highest BCUT2D eigenvalue weighted by atomic mass is 19.1. The molecule has 0 radical (unpaired) electrons. The van der Waals surface area contributed by atoms with Crippen LogP contribution in [0, 0.1) is 12.7 Å². The van der Waals surface area contributed by atoms with Crippen molar-refractivity contribution >= 4 is 0 Å². The van der Waals surface area contributed by atoms with Crippen molar-refractivity contribution in [3.8, 4) is 5.75 Å². The molecule has 14 heavy (non-hydrogen) atoms. The van der Waals surface area contributed by atoms with Crippen molar-refractivity contribution in [1.82, 2.24) is 0 Å². The molecule has 0 heterocycles. The van der Waals surface area contributed by atoms with Gasteiger partial charge in [-0.25, -0.2) is 4.39 Å². The van der Waals surface area contributed by atoms with Crippen LogP contribution in [-0.4, -0.2) is 13.2 Å². The number of halogens is 1. The summed E-state index contributed by atoms with van der Waals surface area (Å²) in [7, 11) is 0. The minimum atomic E-state index is -0.339. The summed E-state index contributed by atoms with van der Waals surface area (Å²) in [5.74, 6) is 0.146. The number of aryl methyl sites for hydroxylation is 1. The molecule has 0 saturated carbocycles. The van der Waals surface area contributed by atoms with E-state index in [-0.39, 0.29) is 19.0 Å². The van der Waals surface area contributed by atoms with Crippen LogP contribution in [0.5, 0.6) is 5.75 Å². The van der Waals surface area contributed by atoms with Gasteiger partial charge in [0.2, 0.25) is 0 Å². The fourth-order valence-electron chi connectivity index (χ4n) is 0.971. The van der Waals surface area contributed by atoms with E-state index in [1.54, 1.807) is 6.07 Å². The van der Waals surface area contributed by atoms with Gasteiger partial charge in [-0.1, -0.05) is 11.2 Å². The SMILES string of the molecule is Cc1ccc(F)cc1OCCN=[N+]=[N-]. The minimum Gasteiger partial charge on any atom is -0.493 e. The topological polar surface area (TPSA) is 58.0 Å². The Balaban J connectivity index is 2.57. The van der Waals surface area contributed by atoms with Crippen LogP contribution in [0.15, 0.2) is 23.3 Å². The second-order valence-electron chi connectivity index (χ2n) is 2.71. The molecule has 0 bridgehead atoms. The summed E-state index contributed by atoms with van der Waals surface area (Å²) in [6.45, 7) is 2.32. The molecule has 0 aliphatic heterocycles. The molecule has 0 atom stereocenters. The Morgan fingerprint density at radius 2 is 2.36 bits per heavy atom. The summed E-state index contributed by atoms with van der Waals surface area (Å²) < 4.78 is 18.0. The number of nitrogens with zero attached hydrogens (tertiary/aromatic N) is 3. The first-order valence-electron chi connectivity index (χ1n) is 4.14. The number of benzene rings is 1. The quantitative estimate of drug-likeness (QED) is 0.315. The Bertz CT molecular complexity index is 361. The number of hydrogen-bond acceptors (Lipinski definition) is 2.